The van der Waals surface area contributed by atoms with Crippen LogP contribution in [-0.2, 0) is 6.42 Å². The molecule has 1 heterocycles. The molecule has 2 rings (SSSR count). The maximum absolute atomic E-state index is 10.9. The third-order valence-corrected chi connectivity index (χ3v) is 2.74. The third-order valence-electron chi connectivity index (χ3n) is 2.74. The maximum atomic E-state index is 10.9. The Hall–Kier alpha value is -2.96. The van der Waals surface area contributed by atoms with Crippen LogP contribution in [0.1, 0.15) is 16.1 Å². The quantitative estimate of drug-likeness (QED) is 0.646. The molecule has 0 radical (unpaired) electrons. The molecule has 21 heavy (non-hydrogen) atoms. The molecule has 2 aromatic rings. The highest BCUT2D eigenvalue weighted by Gasteiger charge is 2.18. The number of benzene rings is 1. The fourth-order valence-corrected chi connectivity index (χ4v) is 1.73. The minimum absolute atomic E-state index is 0.0425. The van der Waals surface area contributed by atoms with Crippen LogP contribution in [-0.4, -0.2) is 27.6 Å². The molecule has 0 aliphatic rings. The van der Waals surface area contributed by atoms with Gasteiger partial charge in [0.15, 0.2) is 5.75 Å². The first-order valence-corrected chi connectivity index (χ1v) is 6.12. The van der Waals surface area contributed by atoms with Crippen molar-refractivity contribution in [1.29, 1.82) is 0 Å². The van der Waals surface area contributed by atoms with Crippen molar-refractivity contribution in [2.75, 3.05) is 6.61 Å². The van der Waals surface area contributed by atoms with E-state index in [1.807, 2.05) is 12.1 Å². The summed E-state index contributed by atoms with van der Waals surface area (Å²) in [5, 5.41) is 19.8. The molecule has 0 aliphatic carbocycles. The molecular weight excluding hydrogens is 276 g/mol. The van der Waals surface area contributed by atoms with Crippen LogP contribution in [0.25, 0.3) is 0 Å². The van der Waals surface area contributed by atoms with Gasteiger partial charge in [0.25, 0.3) is 0 Å². The highest BCUT2D eigenvalue weighted by molar-refractivity contribution is 5.88. The lowest BCUT2D eigenvalue weighted by Gasteiger charge is -2.07. The normalized spacial score (nSPS) is 10.1. The number of pyridine rings is 1. The number of nitrogens with zero attached hydrogens (tertiary/aromatic N) is 2. The van der Waals surface area contributed by atoms with Crippen LogP contribution in [0, 0.1) is 10.1 Å². The Morgan fingerprint density at radius 1 is 1.33 bits per heavy atom. The predicted octanol–water partition coefficient (Wildman–Crippen LogP) is 2.31. The van der Waals surface area contributed by atoms with Crippen LogP contribution >= 0.6 is 0 Å². The molecule has 0 bridgehead atoms. The first-order valence-electron chi connectivity index (χ1n) is 6.12. The minimum Gasteiger partial charge on any atom is -0.486 e. The smallest absolute Gasteiger partial charge is 0.335 e. The average Bonchev–Trinajstić information content (AvgIpc) is 2.48. The number of aromatic carboxylic acids is 1. The predicted molar refractivity (Wildman–Crippen MR) is 73.5 cm³/mol. The molecule has 0 atom stereocenters. The van der Waals surface area contributed by atoms with Crippen LogP contribution < -0.4 is 4.74 Å². The van der Waals surface area contributed by atoms with Gasteiger partial charge in [0.2, 0.25) is 0 Å². The molecule has 108 valence electrons. The molecule has 0 amide bonds. The van der Waals surface area contributed by atoms with Gasteiger partial charge in [-0.15, -0.1) is 0 Å². The van der Waals surface area contributed by atoms with Crippen molar-refractivity contribution in [3.8, 4) is 5.75 Å². The summed E-state index contributed by atoms with van der Waals surface area (Å²) in [7, 11) is 0. The SMILES string of the molecule is O=C(O)c1ccc(OCCc2ccccn2)c([N+](=O)[O-])c1. The lowest BCUT2D eigenvalue weighted by atomic mass is 10.2. The van der Waals surface area contributed by atoms with Crippen LogP contribution in [0.15, 0.2) is 42.6 Å². The van der Waals surface area contributed by atoms with Gasteiger partial charge in [-0.05, 0) is 24.3 Å². The van der Waals surface area contributed by atoms with Gasteiger partial charge >= 0.3 is 11.7 Å². The number of carboxylic acid groups (broad SMARTS) is 1. The molecule has 7 heteroatoms. The highest BCUT2D eigenvalue weighted by Crippen LogP contribution is 2.28. The summed E-state index contributed by atoms with van der Waals surface area (Å²) in [5.41, 5.74) is 0.289. The Bertz CT molecular complexity index is 658. The lowest BCUT2D eigenvalue weighted by Crippen LogP contribution is -2.06. The topological polar surface area (TPSA) is 103 Å². The summed E-state index contributed by atoms with van der Waals surface area (Å²) in [4.78, 5) is 25.2. The molecule has 7 nitrogen and oxygen atoms in total. The first-order chi connectivity index (χ1) is 10.1. The summed E-state index contributed by atoms with van der Waals surface area (Å²) >= 11 is 0. The van der Waals surface area contributed by atoms with E-state index in [0.29, 0.717) is 6.42 Å². The van der Waals surface area contributed by atoms with E-state index in [2.05, 4.69) is 4.98 Å². The standard InChI is InChI=1S/C14H12N2O5/c17-14(18)10-4-5-13(12(9-10)16(19)20)21-8-6-11-3-1-2-7-15-11/h1-5,7,9H,6,8H2,(H,17,18). The zero-order valence-electron chi connectivity index (χ0n) is 10.9. The van der Waals surface area contributed by atoms with E-state index in [9.17, 15) is 14.9 Å². The van der Waals surface area contributed by atoms with Crippen molar-refractivity contribution >= 4 is 11.7 Å². The molecule has 0 saturated carbocycles. The second-order valence-electron chi connectivity index (χ2n) is 4.16. The van der Waals surface area contributed by atoms with Crippen molar-refractivity contribution < 1.29 is 19.6 Å². The maximum Gasteiger partial charge on any atom is 0.335 e. The van der Waals surface area contributed by atoms with Gasteiger partial charge in [-0.3, -0.25) is 15.1 Å². The Morgan fingerprint density at radius 2 is 2.14 bits per heavy atom. The van der Waals surface area contributed by atoms with Crippen LogP contribution in [0.5, 0.6) is 5.75 Å². The summed E-state index contributed by atoms with van der Waals surface area (Å²) < 4.78 is 5.36. The van der Waals surface area contributed by atoms with E-state index in [-0.39, 0.29) is 23.6 Å². The zero-order chi connectivity index (χ0) is 15.2. The number of rotatable bonds is 6. The van der Waals surface area contributed by atoms with Gasteiger partial charge in [-0.25, -0.2) is 4.79 Å². The van der Waals surface area contributed by atoms with Gasteiger partial charge < -0.3 is 9.84 Å². The van der Waals surface area contributed by atoms with E-state index in [1.165, 1.54) is 12.1 Å². The molecule has 0 saturated heterocycles. The van der Waals surface area contributed by atoms with Crippen LogP contribution in [0.4, 0.5) is 5.69 Å². The van der Waals surface area contributed by atoms with E-state index < -0.39 is 10.9 Å². The lowest BCUT2D eigenvalue weighted by molar-refractivity contribution is -0.385. The number of aromatic nitrogens is 1. The summed E-state index contributed by atoms with van der Waals surface area (Å²) in [5.74, 6) is -1.18. The van der Waals surface area contributed by atoms with Crippen molar-refractivity contribution in [3.05, 3.63) is 64.0 Å². The van der Waals surface area contributed by atoms with Crippen LogP contribution in [0.3, 0.4) is 0 Å². The molecule has 1 N–H and O–H groups in total. The van der Waals surface area contributed by atoms with Gasteiger partial charge in [0.05, 0.1) is 17.1 Å². The Morgan fingerprint density at radius 3 is 2.76 bits per heavy atom. The molecule has 0 fully saturated rings. The molecule has 0 spiro atoms. The molecule has 1 aromatic carbocycles. The van der Waals surface area contributed by atoms with Crippen molar-refractivity contribution in [1.82, 2.24) is 4.98 Å². The minimum atomic E-state index is -1.22. The average molecular weight is 288 g/mol. The van der Waals surface area contributed by atoms with Gasteiger partial charge in [0, 0.05) is 24.4 Å². The fraction of sp³-hybridized carbons (Fsp3) is 0.143. The Kier molecular flexibility index (Phi) is 4.45. The summed E-state index contributed by atoms with van der Waals surface area (Å²) in [6.07, 6.45) is 2.15. The number of hydrogen-bond donors (Lipinski definition) is 1. The van der Waals surface area contributed by atoms with Crippen LogP contribution in [0.2, 0.25) is 0 Å². The summed E-state index contributed by atoms with van der Waals surface area (Å²) in [6, 6.07) is 9.00. The second kappa shape index (κ2) is 6.47. The number of hydrogen-bond acceptors (Lipinski definition) is 5. The first kappa shape index (κ1) is 14.4. The second-order valence-corrected chi connectivity index (χ2v) is 4.16. The van der Waals surface area contributed by atoms with Crippen molar-refractivity contribution in [2.24, 2.45) is 0 Å². The summed E-state index contributed by atoms with van der Waals surface area (Å²) in [6.45, 7) is 0.213. The van der Waals surface area contributed by atoms with Gasteiger partial charge in [0.1, 0.15) is 0 Å². The fourth-order valence-electron chi connectivity index (χ4n) is 1.73. The molecular formula is C14H12N2O5. The molecule has 1 aromatic heterocycles. The third kappa shape index (κ3) is 3.75. The highest BCUT2D eigenvalue weighted by atomic mass is 16.6. The number of ether oxygens (including phenoxy) is 1. The zero-order valence-corrected chi connectivity index (χ0v) is 10.9. The molecule has 0 unspecified atom stereocenters. The number of carboxylic acids is 1. The number of nitro groups is 1. The van der Waals surface area contributed by atoms with Gasteiger partial charge in [-0.1, -0.05) is 6.07 Å². The van der Waals surface area contributed by atoms with Crippen molar-refractivity contribution in [3.63, 3.8) is 0 Å². The van der Waals surface area contributed by atoms with E-state index >= 15 is 0 Å². The molecule has 0 aliphatic heterocycles. The Balaban J connectivity index is 2.09. The monoisotopic (exact) mass is 288 g/mol. The number of carbonyl (C=O) groups is 1. The van der Waals surface area contributed by atoms with E-state index in [4.69, 9.17) is 9.84 Å². The largest absolute Gasteiger partial charge is 0.486 e. The van der Waals surface area contributed by atoms with E-state index in [1.54, 1.807) is 12.3 Å². The van der Waals surface area contributed by atoms with E-state index in [0.717, 1.165) is 11.8 Å². The van der Waals surface area contributed by atoms with Crippen molar-refractivity contribution in [2.45, 2.75) is 6.42 Å². The van der Waals surface area contributed by atoms with Gasteiger partial charge in [-0.2, -0.15) is 0 Å². The Labute approximate surface area is 120 Å². The number of nitro benzene ring substituents is 1.